The number of nitrogens with zero attached hydrogens (tertiary/aromatic N) is 3. The normalized spacial score (nSPS) is 17.3. The molecule has 2 aromatic carbocycles. The molecule has 0 saturated carbocycles. The Labute approximate surface area is 205 Å². The molecule has 188 valence electrons. The lowest BCUT2D eigenvalue weighted by molar-refractivity contribution is -0.131. The van der Waals surface area contributed by atoms with Crippen LogP contribution in [0.4, 0.5) is 5.69 Å². The van der Waals surface area contributed by atoms with Crippen LogP contribution in [0, 0.1) is 0 Å². The number of benzene rings is 2. The van der Waals surface area contributed by atoms with Crippen molar-refractivity contribution < 1.29 is 32.2 Å². The lowest BCUT2D eigenvalue weighted by atomic mass is 10.1. The van der Waals surface area contributed by atoms with E-state index in [4.69, 9.17) is 18.9 Å². The molecule has 0 N–H and O–H groups in total. The molecule has 3 heterocycles. The van der Waals surface area contributed by atoms with E-state index >= 15 is 0 Å². The average Bonchev–Trinajstić information content (AvgIpc) is 3.35. The Balaban J connectivity index is 1.22. The number of ether oxygens (including phenoxy) is 4. The molecule has 2 aromatic rings. The summed E-state index contributed by atoms with van der Waals surface area (Å²) in [6.07, 6.45) is 0. The fraction of sp³-hybridized carbons (Fsp3) is 0.458. The van der Waals surface area contributed by atoms with Gasteiger partial charge in [0.25, 0.3) is 0 Å². The quantitative estimate of drug-likeness (QED) is 0.563. The molecule has 0 atom stereocenters. The molecule has 0 aromatic heterocycles. The van der Waals surface area contributed by atoms with Crippen LogP contribution in [0.1, 0.15) is 12.5 Å². The Morgan fingerprint density at radius 2 is 1.54 bits per heavy atom. The smallest absolute Gasteiger partial charge is 0.243 e. The number of hydrogen-bond acceptors (Lipinski definition) is 8. The zero-order valence-corrected chi connectivity index (χ0v) is 20.5. The third-order valence-corrected chi connectivity index (χ3v) is 8.10. The fourth-order valence-corrected chi connectivity index (χ4v) is 5.42. The van der Waals surface area contributed by atoms with Gasteiger partial charge in [-0.25, -0.2) is 8.42 Å². The van der Waals surface area contributed by atoms with Gasteiger partial charge < -0.3 is 23.8 Å². The fourth-order valence-electron chi connectivity index (χ4n) is 4.37. The summed E-state index contributed by atoms with van der Waals surface area (Å²) >= 11 is 0. The van der Waals surface area contributed by atoms with Gasteiger partial charge in [0.15, 0.2) is 23.0 Å². The van der Waals surface area contributed by atoms with Gasteiger partial charge in [0.05, 0.1) is 11.4 Å². The highest BCUT2D eigenvalue weighted by Gasteiger charge is 2.29. The Morgan fingerprint density at radius 1 is 0.886 bits per heavy atom. The highest BCUT2D eigenvalue weighted by atomic mass is 32.2. The zero-order valence-electron chi connectivity index (χ0n) is 19.6. The third-order valence-electron chi connectivity index (χ3n) is 6.36. The SMILES string of the molecule is CCS(=O)(=O)N(CC(=O)N1CCN(Cc2ccc3c(c2)OCO3)CC1)c1ccc2c(c1)OCCO2. The summed E-state index contributed by atoms with van der Waals surface area (Å²) in [6.45, 7) is 5.61. The maximum atomic E-state index is 13.1. The standard InChI is InChI=1S/C24H29N3O7S/c1-2-35(29,30)27(19-4-6-20-23(14-19)32-12-11-31-20)16-24(28)26-9-7-25(8-10-26)15-18-3-5-21-22(13-18)34-17-33-21/h3-6,13-14H,2,7-12,15-17H2,1H3. The summed E-state index contributed by atoms with van der Waals surface area (Å²) in [5, 5.41) is 0. The van der Waals surface area contributed by atoms with Gasteiger partial charge in [-0.1, -0.05) is 6.07 Å². The summed E-state index contributed by atoms with van der Waals surface area (Å²) in [6, 6.07) is 10.9. The van der Waals surface area contributed by atoms with Crippen molar-refractivity contribution in [1.82, 2.24) is 9.80 Å². The summed E-state index contributed by atoms with van der Waals surface area (Å²) < 4.78 is 48.9. The Kier molecular flexibility index (Phi) is 6.61. The van der Waals surface area contributed by atoms with E-state index in [0.29, 0.717) is 56.6 Å². The molecule has 0 spiro atoms. The molecular formula is C24H29N3O7S. The summed E-state index contributed by atoms with van der Waals surface area (Å²) in [7, 11) is -3.67. The Morgan fingerprint density at radius 3 is 2.31 bits per heavy atom. The number of sulfonamides is 1. The first kappa shape index (κ1) is 23.6. The van der Waals surface area contributed by atoms with Gasteiger partial charge in [0.1, 0.15) is 19.8 Å². The third kappa shape index (κ3) is 5.10. The maximum absolute atomic E-state index is 13.1. The minimum Gasteiger partial charge on any atom is -0.486 e. The zero-order chi connectivity index (χ0) is 24.4. The molecule has 3 aliphatic heterocycles. The number of hydrogen-bond donors (Lipinski definition) is 0. The molecule has 1 amide bonds. The van der Waals surface area contributed by atoms with Gasteiger partial charge in [0.2, 0.25) is 22.7 Å². The van der Waals surface area contributed by atoms with Gasteiger partial charge in [0, 0.05) is 38.8 Å². The van der Waals surface area contributed by atoms with Crippen molar-refractivity contribution in [3.63, 3.8) is 0 Å². The van der Waals surface area contributed by atoms with Gasteiger partial charge in [-0.2, -0.15) is 0 Å². The van der Waals surface area contributed by atoms with E-state index in [1.807, 2.05) is 18.2 Å². The largest absolute Gasteiger partial charge is 0.486 e. The van der Waals surface area contributed by atoms with Crippen molar-refractivity contribution >= 4 is 21.6 Å². The number of rotatable bonds is 7. The van der Waals surface area contributed by atoms with Crippen LogP contribution < -0.4 is 23.3 Å². The van der Waals surface area contributed by atoms with E-state index in [1.165, 1.54) is 4.31 Å². The van der Waals surface area contributed by atoms with Crippen LogP contribution in [0.2, 0.25) is 0 Å². The minimum absolute atomic E-state index is 0.113. The molecule has 10 nitrogen and oxygen atoms in total. The van der Waals surface area contributed by atoms with Crippen molar-refractivity contribution in [2.75, 3.05) is 62.8 Å². The van der Waals surface area contributed by atoms with Gasteiger partial charge in [-0.15, -0.1) is 0 Å². The van der Waals surface area contributed by atoms with Crippen molar-refractivity contribution in [1.29, 1.82) is 0 Å². The van der Waals surface area contributed by atoms with Crippen molar-refractivity contribution in [3.8, 4) is 23.0 Å². The summed E-state index contributed by atoms with van der Waals surface area (Å²) in [4.78, 5) is 17.1. The first-order chi connectivity index (χ1) is 16.9. The molecular weight excluding hydrogens is 474 g/mol. The molecule has 35 heavy (non-hydrogen) atoms. The number of piperazine rings is 1. The van der Waals surface area contributed by atoms with Crippen molar-refractivity contribution in [2.24, 2.45) is 0 Å². The first-order valence-corrected chi connectivity index (χ1v) is 13.3. The van der Waals surface area contributed by atoms with E-state index in [-0.39, 0.29) is 25.0 Å². The topological polar surface area (TPSA) is 97.9 Å². The van der Waals surface area contributed by atoms with Crippen LogP contribution in [0.25, 0.3) is 0 Å². The minimum atomic E-state index is -3.67. The van der Waals surface area contributed by atoms with Crippen LogP contribution in [0.3, 0.4) is 0 Å². The molecule has 0 unspecified atom stereocenters. The van der Waals surface area contributed by atoms with Crippen LogP contribution in [-0.2, 0) is 21.4 Å². The molecule has 3 aliphatic rings. The van der Waals surface area contributed by atoms with Gasteiger partial charge in [-0.05, 0) is 36.8 Å². The number of amides is 1. The maximum Gasteiger partial charge on any atom is 0.243 e. The molecule has 1 saturated heterocycles. The molecule has 0 radical (unpaired) electrons. The average molecular weight is 504 g/mol. The van der Waals surface area contributed by atoms with Crippen LogP contribution >= 0.6 is 0 Å². The van der Waals surface area contributed by atoms with Crippen molar-refractivity contribution in [3.05, 3.63) is 42.0 Å². The molecule has 0 bridgehead atoms. The second kappa shape index (κ2) is 9.82. The van der Waals surface area contributed by atoms with Crippen LogP contribution in [0.5, 0.6) is 23.0 Å². The molecule has 0 aliphatic carbocycles. The van der Waals surface area contributed by atoms with Crippen molar-refractivity contribution in [2.45, 2.75) is 13.5 Å². The second-order valence-corrected chi connectivity index (χ2v) is 10.8. The first-order valence-electron chi connectivity index (χ1n) is 11.7. The second-order valence-electron chi connectivity index (χ2n) is 8.58. The highest BCUT2D eigenvalue weighted by molar-refractivity contribution is 7.92. The van der Waals surface area contributed by atoms with Gasteiger partial charge in [-0.3, -0.25) is 14.0 Å². The highest BCUT2D eigenvalue weighted by Crippen LogP contribution is 2.35. The molecule has 11 heteroatoms. The van der Waals surface area contributed by atoms with E-state index in [0.717, 1.165) is 23.6 Å². The Bertz CT molecular complexity index is 1200. The lowest BCUT2D eigenvalue weighted by Crippen LogP contribution is -2.51. The van der Waals surface area contributed by atoms with E-state index < -0.39 is 10.0 Å². The predicted molar refractivity (Wildman–Crippen MR) is 129 cm³/mol. The summed E-state index contributed by atoms with van der Waals surface area (Å²) in [5.74, 6) is 2.23. The number of anilines is 1. The van der Waals surface area contributed by atoms with E-state index in [9.17, 15) is 13.2 Å². The number of carbonyl (C=O) groups excluding carboxylic acids is 1. The van der Waals surface area contributed by atoms with Crippen LogP contribution in [-0.4, -0.2) is 82.6 Å². The molecule has 1 fully saturated rings. The van der Waals surface area contributed by atoms with Crippen LogP contribution in [0.15, 0.2) is 36.4 Å². The Hall–Kier alpha value is -3.18. The lowest BCUT2D eigenvalue weighted by Gasteiger charge is -2.36. The monoisotopic (exact) mass is 503 g/mol. The van der Waals surface area contributed by atoms with Gasteiger partial charge >= 0.3 is 0 Å². The van der Waals surface area contributed by atoms with E-state index in [2.05, 4.69) is 4.90 Å². The number of fused-ring (bicyclic) bond motifs is 2. The van der Waals surface area contributed by atoms with E-state index in [1.54, 1.807) is 30.0 Å². The molecule has 5 rings (SSSR count). The summed E-state index contributed by atoms with van der Waals surface area (Å²) in [5.41, 5.74) is 1.51. The number of carbonyl (C=O) groups is 1. The predicted octanol–water partition coefficient (Wildman–Crippen LogP) is 1.69.